The zero-order valence-electron chi connectivity index (χ0n) is 24.5. The van der Waals surface area contributed by atoms with Gasteiger partial charge in [0.1, 0.15) is 0 Å². The maximum absolute atomic E-state index is 6.62. The smallest absolute Gasteiger partial charge is 0.399 e. The van der Waals surface area contributed by atoms with Crippen LogP contribution in [0.2, 0.25) is 0 Å². The highest BCUT2D eigenvalue weighted by Crippen LogP contribution is 2.42. The summed E-state index contributed by atoms with van der Waals surface area (Å²) in [5.41, 5.74) is 10.3. The van der Waals surface area contributed by atoms with E-state index in [1.165, 1.54) is 50.1 Å². The number of benzene rings is 4. The Kier molecular flexibility index (Phi) is 6.11. The summed E-state index contributed by atoms with van der Waals surface area (Å²) in [4.78, 5) is 0. The van der Waals surface area contributed by atoms with E-state index in [4.69, 9.17) is 9.31 Å². The van der Waals surface area contributed by atoms with Gasteiger partial charge in [0.25, 0.3) is 0 Å². The third-order valence-corrected chi connectivity index (χ3v) is 9.32. The van der Waals surface area contributed by atoms with Crippen LogP contribution in [0.4, 0.5) is 0 Å². The molecule has 1 unspecified atom stereocenters. The summed E-state index contributed by atoms with van der Waals surface area (Å²) in [6.45, 7) is 10.8. The van der Waals surface area contributed by atoms with Gasteiger partial charge in [-0.15, -0.1) is 0 Å². The van der Waals surface area contributed by atoms with E-state index in [0.29, 0.717) is 5.92 Å². The second-order valence-electron chi connectivity index (χ2n) is 12.5. The first-order chi connectivity index (χ1) is 19.7. The molecule has 3 nitrogen and oxygen atoms in total. The molecule has 1 aliphatic carbocycles. The lowest BCUT2D eigenvalue weighted by Gasteiger charge is -2.32. The van der Waals surface area contributed by atoms with Crippen LogP contribution in [0.3, 0.4) is 0 Å². The predicted molar refractivity (Wildman–Crippen MR) is 172 cm³/mol. The maximum atomic E-state index is 6.62. The molecule has 1 aromatic heterocycles. The van der Waals surface area contributed by atoms with Gasteiger partial charge in [0.15, 0.2) is 0 Å². The molecule has 5 aromatic rings. The van der Waals surface area contributed by atoms with Crippen molar-refractivity contribution in [3.8, 4) is 16.8 Å². The van der Waals surface area contributed by atoms with E-state index in [0.717, 1.165) is 11.9 Å². The van der Waals surface area contributed by atoms with E-state index in [-0.39, 0.29) is 0 Å². The van der Waals surface area contributed by atoms with Crippen LogP contribution in [0.1, 0.15) is 51.4 Å². The zero-order valence-corrected chi connectivity index (χ0v) is 24.5. The second-order valence-corrected chi connectivity index (χ2v) is 12.5. The fourth-order valence-electron chi connectivity index (χ4n) is 6.42. The minimum Gasteiger partial charge on any atom is -0.399 e. The third kappa shape index (κ3) is 4.29. The van der Waals surface area contributed by atoms with Crippen LogP contribution in [-0.4, -0.2) is 22.9 Å². The first kappa shape index (κ1) is 26.1. The Morgan fingerprint density at radius 1 is 0.707 bits per heavy atom. The molecule has 0 N–H and O–H groups in total. The lowest BCUT2D eigenvalue weighted by molar-refractivity contribution is 0.00578. The lowest BCUT2D eigenvalue weighted by Crippen LogP contribution is -2.41. The summed E-state index contributed by atoms with van der Waals surface area (Å²) in [6.07, 6.45) is 3.37. The molecule has 0 bridgehead atoms. The summed E-state index contributed by atoms with van der Waals surface area (Å²) in [6, 6.07) is 36.9. The van der Waals surface area contributed by atoms with Crippen molar-refractivity contribution in [2.75, 3.05) is 0 Å². The Balaban J connectivity index is 1.49. The summed E-state index contributed by atoms with van der Waals surface area (Å²) < 4.78 is 15.7. The van der Waals surface area contributed by atoms with Gasteiger partial charge in [-0.2, -0.15) is 0 Å². The predicted octanol–water partition coefficient (Wildman–Crippen LogP) is 8.33. The Bertz CT molecular complexity index is 1770. The fraction of sp³-hybridized carbons (Fsp3) is 0.243. The van der Waals surface area contributed by atoms with Crippen molar-refractivity contribution in [2.45, 2.75) is 52.2 Å². The van der Waals surface area contributed by atoms with Crippen molar-refractivity contribution in [3.63, 3.8) is 0 Å². The topological polar surface area (TPSA) is 23.4 Å². The van der Waals surface area contributed by atoms with Crippen LogP contribution in [0.25, 0.3) is 39.4 Å². The molecule has 0 spiro atoms. The standard InChI is InChI=1S/C37H36BNO2/c1-25-22-34-31(24-30(25)27-16-10-7-11-17-27)35-32(38-40-36(2,3)37(4,5)41-38)20-13-21-33(35)39(34)29-19-12-18-28(23-29)26-14-8-6-9-15-26/h6-21,23-25H,22H2,1-5H3. The van der Waals surface area contributed by atoms with Gasteiger partial charge in [0.05, 0.1) is 16.7 Å². The average Bonchev–Trinajstić information content (AvgIpc) is 3.41. The van der Waals surface area contributed by atoms with Crippen molar-refractivity contribution < 1.29 is 9.31 Å². The zero-order chi connectivity index (χ0) is 28.4. The minimum atomic E-state index is -0.438. The molecule has 41 heavy (non-hydrogen) atoms. The van der Waals surface area contributed by atoms with Gasteiger partial charge < -0.3 is 13.9 Å². The van der Waals surface area contributed by atoms with Gasteiger partial charge in [-0.25, -0.2) is 0 Å². The summed E-state index contributed by atoms with van der Waals surface area (Å²) in [5.74, 6) is 0.380. The molecule has 204 valence electrons. The molecule has 7 rings (SSSR count). The van der Waals surface area contributed by atoms with Gasteiger partial charge in [0.2, 0.25) is 0 Å². The van der Waals surface area contributed by atoms with Gasteiger partial charge in [-0.1, -0.05) is 91.9 Å². The number of hydrogen-bond donors (Lipinski definition) is 0. The maximum Gasteiger partial charge on any atom is 0.495 e. The fourth-order valence-corrected chi connectivity index (χ4v) is 6.42. The highest BCUT2D eigenvalue weighted by molar-refractivity contribution is 6.65. The third-order valence-electron chi connectivity index (χ3n) is 9.32. The molecule has 4 heteroatoms. The number of fused-ring (bicyclic) bond motifs is 3. The molecule has 2 heterocycles. The molecule has 1 aliphatic heterocycles. The number of hydrogen-bond acceptors (Lipinski definition) is 2. The quantitative estimate of drug-likeness (QED) is 0.215. The lowest BCUT2D eigenvalue weighted by atomic mass is 9.75. The van der Waals surface area contributed by atoms with E-state index in [9.17, 15) is 0 Å². The highest BCUT2D eigenvalue weighted by Gasteiger charge is 2.52. The van der Waals surface area contributed by atoms with Crippen LogP contribution < -0.4 is 5.46 Å². The molecule has 1 atom stereocenters. The normalized spacial score (nSPS) is 19.3. The van der Waals surface area contributed by atoms with Crippen molar-refractivity contribution in [2.24, 2.45) is 5.92 Å². The van der Waals surface area contributed by atoms with Crippen LogP contribution in [0, 0.1) is 5.92 Å². The Morgan fingerprint density at radius 3 is 2.00 bits per heavy atom. The summed E-state index contributed by atoms with van der Waals surface area (Å²) in [5, 5.41) is 1.21. The first-order valence-corrected chi connectivity index (χ1v) is 14.7. The molecule has 0 amide bonds. The van der Waals surface area contributed by atoms with Gasteiger partial charge in [0, 0.05) is 22.3 Å². The number of aromatic nitrogens is 1. The van der Waals surface area contributed by atoms with E-state index in [2.05, 4.69) is 148 Å². The molecule has 1 saturated heterocycles. The number of rotatable bonds is 4. The van der Waals surface area contributed by atoms with E-state index < -0.39 is 18.3 Å². The Hall–Kier alpha value is -3.86. The second kappa shape index (κ2) is 9.61. The van der Waals surface area contributed by atoms with Gasteiger partial charge in [-0.05, 0) is 92.0 Å². The number of nitrogens with zero attached hydrogens (tertiary/aromatic N) is 1. The largest absolute Gasteiger partial charge is 0.495 e. The van der Waals surface area contributed by atoms with E-state index in [1.54, 1.807) is 0 Å². The van der Waals surface area contributed by atoms with E-state index >= 15 is 0 Å². The average molecular weight is 538 g/mol. The molecule has 2 aliphatic rings. The molecule has 4 aromatic carbocycles. The molecular weight excluding hydrogens is 501 g/mol. The summed E-state index contributed by atoms with van der Waals surface area (Å²) in [7, 11) is -0.438. The number of allylic oxidation sites excluding steroid dienone is 1. The van der Waals surface area contributed by atoms with Crippen LogP contribution in [-0.2, 0) is 15.7 Å². The Labute approximate surface area is 243 Å². The highest BCUT2D eigenvalue weighted by atomic mass is 16.7. The monoisotopic (exact) mass is 537 g/mol. The summed E-state index contributed by atoms with van der Waals surface area (Å²) >= 11 is 0. The molecular formula is C37H36BNO2. The van der Waals surface area contributed by atoms with E-state index in [1.807, 2.05) is 0 Å². The Morgan fingerprint density at radius 2 is 1.32 bits per heavy atom. The SMILES string of the molecule is CC1Cc2c(c3c(B4OC(C)(C)C(C)(C)O4)cccc3n2-c2cccc(-c3ccccc3)c2)C=C1c1ccccc1. The van der Waals surface area contributed by atoms with Crippen molar-refractivity contribution in [1.82, 2.24) is 4.57 Å². The molecule has 0 radical (unpaired) electrons. The molecule has 0 saturated carbocycles. The van der Waals surface area contributed by atoms with Crippen molar-refractivity contribution in [1.29, 1.82) is 0 Å². The van der Waals surface area contributed by atoms with Gasteiger partial charge in [-0.3, -0.25) is 0 Å². The van der Waals surface area contributed by atoms with Gasteiger partial charge >= 0.3 is 7.12 Å². The van der Waals surface area contributed by atoms with Crippen LogP contribution >= 0.6 is 0 Å². The minimum absolute atomic E-state index is 0.380. The van der Waals surface area contributed by atoms with Crippen LogP contribution in [0.15, 0.2) is 103 Å². The van der Waals surface area contributed by atoms with Crippen LogP contribution in [0.5, 0.6) is 0 Å². The van der Waals surface area contributed by atoms with Crippen molar-refractivity contribution >= 4 is 35.1 Å². The molecule has 1 fully saturated rings. The first-order valence-electron chi connectivity index (χ1n) is 14.7. The van der Waals surface area contributed by atoms with Crippen molar-refractivity contribution in [3.05, 3.63) is 120 Å².